The molecule has 0 bridgehead atoms. The average Bonchev–Trinajstić information content (AvgIpc) is 2.67. The molecule has 0 spiro atoms. The summed E-state index contributed by atoms with van der Waals surface area (Å²) in [6.45, 7) is 6.33. The Morgan fingerprint density at radius 3 is 2.69 bits per heavy atom. The molecule has 0 aromatic heterocycles. The molecule has 1 aliphatic carbocycles. The molecule has 29 heavy (non-hydrogen) atoms. The van der Waals surface area contributed by atoms with Gasteiger partial charge in [-0.25, -0.2) is 4.79 Å². The summed E-state index contributed by atoms with van der Waals surface area (Å²) in [4.78, 5) is 15.5. The Hall–Kier alpha value is -2.04. The zero-order valence-corrected chi connectivity index (χ0v) is 18.2. The lowest BCUT2D eigenvalue weighted by atomic mass is 9.77. The molecule has 0 unspecified atom stereocenters. The van der Waals surface area contributed by atoms with Gasteiger partial charge in [-0.1, -0.05) is 70.2 Å². The summed E-state index contributed by atoms with van der Waals surface area (Å²) >= 11 is 0. The van der Waals surface area contributed by atoms with Crippen molar-refractivity contribution in [3.63, 3.8) is 0 Å². The highest BCUT2D eigenvalue weighted by atomic mass is 16.6. The number of hydrogen-bond acceptors (Lipinski definition) is 4. The zero-order valence-electron chi connectivity index (χ0n) is 18.2. The van der Waals surface area contributed by atoms with Crippen LogP contribution in [0.1, 0.15) is 102 Å². The first-order valence-electron chi connectivity index (χ1n) is 11.1. The van der Waals surface area contributed by atoms with Gasteiger partial charge in [0.2, 0.25) is 6.61 Å². The Bertz CT molecular complexity index is 696. The number of rotatable bonds is 11. The van der Waals surface area contributed by atoms with Crippen molar-refractivity contribution in [3.05, 3.63) is 29.3 Å². The number of benzene rings is 1. The summed E-state index contributed by atoms with van der Waals surface area (Å²) in [5.41, 5.74) is 3.06. The van der Waals surface area contributed by atoms with Crippen LogP contribution in [0.3, 0.4) is 0 Å². The number of oxime groups is 1. The molecule has 2 N–H and O–H groups in total. The zero-order chi connectivity index (χ0) is 21.3. The number of nitrogens with zero attached hydrogens (tertiary/aromatic N) is 1. The van der Waals surface area contributed by atoms with Crippen LogP contribution in [0.4, 0.5) is 0 Å². The van der Waals surface area contributed by atoms with Crippen molar-refractivity contribution in [1.29, 1.82) is 0 Å². The van der Waals surface area contributed by atoms with Gasteiger partial charge in [0, 0.05) is 0 Å². The van der Waals surface area contributed by atoms with Gasteiger partial charge in [0.1, 0.15) is 5.75 Å². The van der Waals surface area contributed by atoms with Crippen molar-refractivity contribution in [1.82, 2.24) is 0 Å². The molecule has 0 aliphatic heterocycles. The van der Waals surface area contributed by atoms with E-state index < -0.39 is 12.6 Å². The molecule has 1 fully saturated rings. The third-order valence-electron chi connectivity index (χ3n) is 6.04. The Morgan fingerprint density at radius 1 is 1.24 bits per heavy atom. The number of phenolic OH excluding ortho intramolecular Hbond substituents is 1. The lowest BCUT2D eigenvalue weighted by molar-refractivity contribution is -0.142. The summed E-state index contributed by atoms with van der Waals surface area (Å²) in [5, 5.41) is 23.4. The average molecular weight is 404 g/mol. The van der Waals surface area contributed by atoms with Crippen LogP contribution in [0.5, 0.6) is 5.75 Å². The predicted molar refractivity (Wildman–Crippen MR) is 117 cm³/mol. The highest BCUT2D eigenvalue weighted by molar-refractivity contribution is 5.85. The first-order valence-corrected chi connectivity index (χ1v) is 11.1. The lowest BCUT2D eigenvalue weighted by Gasteiger charge is -2.28. The quantitative estimate of drug-likeness (QED) is 0.343. The van der Waals surface area contributed by atoms with Crippen molar-refractivity contribution < 1.29 is 19.8 Å². The number of carboxylic acid groups (broad SMARTS) is 1. The summed E-state index contributed by atoms with van der Waals surface area (Å²) in [6.07, 6.45) is 11.0. The van der Waals surface area contributed by atoms with E-state index in [4.69, 9.17) is 9.94 Å². The Morgan fingerprint density at radius 2 is 2.00 bits per heavy atom. The molecule has 1 aromatic rings. The highest BCUT2D eigenvalue weighted by Gasteiger charge is 2.25. The van der Waals surface area contributed by atoms with Crippen LogP contribution in [0, 0.1) is 0 Å². The monoisotopic (exact) mass is 403 g/mol. The van der Waals surface area contributed by atoms with Crippen molar-refractivity contribution in [2.24, 2.45) is 5.16 Å². The molecule has 1 saturated carbocycles. The summed E-state index contributed by atoms with van der Waals surface area (Å²) in [5.74, 6) is -0.468. The minimum Gasteiger partial charge on any atom is -0.508 e. The van der Waals surface area contributed by atoms with Gasteiger partial charge in [-0.2, -0.15) is 0 Å². The molecule has 1 aromatic carbocycles. The summed E-state index contributed by atoms with van der Waals surface area (Å²) in [7, 11) is 0. The smallest absolute Gasteiger partial charge is 0.344 e. The third-order valence-corrected chi connectivity index (χ3v) is 6.04. The second-order valence-corrected chi connectivity index (χ2v) is 8.94. The second kappa shape index (κ2) is 11.2. The van der Waals surface area contributed by atoms with Gasteiger partial charge < -0.3 is 15.1 Å². The lowest BCUT2D eigenvalue weighted by Crippen LogP contribution is -2.18. The van der Waals surface area contributed by atoms with Gasteiger partial charge in [-0.05, 0) is 60.6 Å². The highest BCUT2D eigenvalue weighted by Crippen LogP contribution is 2.39. The normalized spacial score (nSPS) is 18.7. The number of aliphatic carboxylic acids is 1. The Kier molecular flexibility index (Phi) is 8.99. The van der Waals surface area contributed by atoms with Gasteiger partial charge in [-0.15, -0.1) is 0 Å². The number of carbonyl (C=O) groups is 1. The van der Waals surface area contributed by atoms with E-state index in [0.717, 1.165) is 37.0 Å². The number of aromatic hydroxyl groups is 1. The number of hydrogen-bond donors (Lipinski definition) is 2. The van der Waals surface area contributed by atoms with Gasteiger partial charge in [0.05, 0.1) is 5.71 Å². The molecule has 162 valence electrons. The van der Waals surface area contributed by atoms with E-state index in [1.165, 1.54) is 37.7 Å². The van der Waals surface area contributed by atoms with Gasteiger partial charge in [0.15, 0.2) is 0 Å². The first kappa shape index (κ1) is 23.2. The number of carboxylic acids is 1. The SMILES string of the molecule is CCCCCCCC(C)(C)c1ccc([C@H]2CCC/C(=N/OCC(=O)O)C2)c(O)c1. The van der Waals surface area contributed by atoms with Gasteiger partial charge >= 0.3 is 5.97 Å². The van der Waals surface area contributed by atoms with Crippen molar-refractivity contribution >= 4 is 11.7 Å². The molecule has 1 aliphatic rings. The molecule has 0 amide bonds. The van der Waals surface area contributed by atoms with E-state index in [9.17, 15) is 9.90 Å². The molecule has 5 nitrogen and oxygen atoms in total. The topological polar surface area (TPSA) is 79.1 Å². The maximum Gasteiger partial charge on any atom is 0.344 e. The van der Waals surface area contributed by atoms with Crippen LogP contribution >= 0.6 is 0 Å². The van der Waals surface area contributed by atoms with Crippen molar-refractivity contribution in [3.8, 4) is 5.75 Å². The van der Waals surface area contributed by atoms with Crippen LogP contribution in [-0.2, 0) is 15.0 Å². The van der Waals surface area contributed by atoms with Crippen molar-refractivity contribution in [2.45, 2.75) is 96.3 Å². The standard InChI is InChI=1S/C24H37NO4/c1-4-5-6-7-8-14-24(2,3)19-12-13-21(22(26)16-19)18-10-9-11-20(15-18)25-29-17-23(27)28/h12-13,16,18,26H,4-11,14-15,17H2,1-3H3,(H,27,28)/b25-20-/t18-/m0/s1. The fraction of sp³-hybridized carbons (Fsp3) is 0.667. The van der Waals surface area contributed by atoms with Crippen LogP contribution in [-0.4, -0.2) is 28.5 Å². The first-order chi connectivity index (χ1) is 13.8. The van der Waals surface area contributed by atoms with E-state index >= 15 is 0 Å². The summed E-state index contributed by atoms with van der Waals surface area (Å²) in [6, 6.07) is 6.16. The van der Waals surface area contributed by atoms with Gasteiger partial charge in [-0.3, -0.25) is 0 Å². The molecule has 0 radical (unpaired) electrons. The van der Waals surface area contributed by atoms with E-state index in [2.05, 4.69) is 38.1 Å². The van der Waals surface area contributed by atoms with E-state index in [0.29, 0.717) is 12.2 Å². The van der Waals surface area contributed by atoms with Crippen LogP contribution in [0.15, 0.2) is 23.4 Å². The van der Waals surface area contributed by atoms with Crippen LogP contribution in [0.25, 0.3) is 0 Å². The predicted octanol–water partition coefficient (Wildman–Crippen LogP) is 6.15. The molecular formula is C24H37NO4. The minimum absolute atomic E-state index is 0.0477. The Balaban J connectivity index is 2.00. The maximum atomic E-state index is 10.7. The van der Waals surface area contributed by atoms with E-state index in [1.54, 1.807) is 0 Å². The third kappa shape index (κ3) is 7.37. The largest absolute Gasteiger partial charge is 0.508 e. The fourth-order valence-corrected chi connectivity index (χ4v) is 4.19. The molecule has 1 atom stereocenters. The molecular weight excluding hydrogens is 366 g/mol. The van der Waals surface area contributed by atoms with Crippen molar-refractivity contribution in [2.75, 3.05) is 6.61 Å². The van der Waals surface area contributed by atoms with Gasteiger partial charge in [0.25, 0.3) is 0 Å². The molecule has 0 saturated heterocycles. The molecule has 0 heterocycles. The summed E-state index contributed by atoms with van der Waals surface area (Å²) < 4.78 is 0. The minimum atomic E-state index is -1.03. The van der Waals surface area contributed by atoms with E-state index in [-0.39, 0.29) is 11.3 Å². The number of unbranched alkanes of at least 4 members (excludes halogenated alkanes) is 4. The fourth-order valence-electron chi connectivity index (χ4n) is 4.19. The molecule has 2 rings (SSSR count). The maximum absolute atomic E-state index is 10.7. The Labute approximate surface area is 175 Å². The second-order valence-electron chi connectivity index (χ2n) is 8.94. The van der Waals surface area contributed by atoms with Crippen LogP contribution < -0.4 is 0 Å². The van der Waals surface area contributed by atoms with Crippen LogP contribution in [0.2, 0.25) is 0 Å². The number of phenols is 1. The van der Waals surface area contributed by atoms with E-state index in [1.807, 2.05) is 6.07 Å². The molecule has 5 heteroatoms.